The molecule has 0 bridgehead atoms. The number of hydrogen-bond donors (Lipinski definition) is 4. The van der Waals surface area contributed by atoms with Gasteiger partial charge >= 0.3 is 12.3 Å². The first-order valence-electron chi connectivity index (χ1n) is 21.0. The van der Waals surface area contributed by atoms with Crippen molar-refractivity contribution in [3.63, 3.8) is 0 Å². The minimum Gasteiger partial charge on any atom is -0.444 e. The number of anilines is 2. The molecule has 2 atom stereocenters. The van der Waals surface area contributed by atoms with Gasteiger partial charge in [0.15, 0.2) is 16.6 Å². The van der Waals surface area contributed by atoms with Crippen molar-refractivity contribution in [3.05, 3.63) is 76.6 Å². The predicted octanol–water partition coefficient (Wildman–Crippen LogP) is 7.84. The lowest BCUT2D eigenvalue weighted by Gasteiger charge is -2.35. The van der Waals surface area contributed by atoms with Crippen LogP contribution in [0.25, 0.3) is 32.4 Å². The van der Waals surface area contributed by atoms with Gasteiger partial charge in [0.25, 0.3) is 5.92 Å². The van der Waals surface area contributed by atoms with Crippen LogP contribution >= 0.6 is 11.3 Å². The number of ether oxygens (including phenoxy) is 1. The van der Waals surface area contributed by atoms with E-state index in [2.05, 4.69) is 20.5 Å². The molecule has 1 aliphatic heterocycles. The lowest BCUT2D eigenvalue weighted by molar-refractivity contribution is -0.121. The van der Waals surface area contributed by atoms with Gasteiger partial charge in [-0.05, 0) is 69.4 Å². The molecule has 3 aromatic heterocycles. The van der Waals surface area contributed by atoms with Gasteiger partial charge in [0.05, 0.1) is 40.4 Å². The Balaban J connectivity index is 1.33. The predicted molar refractivity (Wildman–Crippen MR) is 239 cm³/mol. The van der Waals surface area contributed by atoms with Crippen LogP contribution in [0.1, 0.15) is 57.8 Å². The van der Waals surface area contributed by atoms with Gasteiger partial charge < -0.3 is 25.2 Å². The number of aromatic nitrogens is 4. The number of para-hydroxylation sites is 1. The number of fused-ring (bicyclic) bond motifs is 2. The number of sulfonamides is 1. The Morgan fingerprint density at radius 3 is 2.30 bits per heavy atom. The summed E-state index contributed by atoms with van der Waals surface area (Å²) >= 11 is 1.26. The van der Waals surface area contributed by atoms with Crippen LogP contribution in [0.4, 0.5) is 46.5 Å². The third-order valence-electron chi connectivity index (χ3n) is 11.1. The lowest BCUT2D eigenvalue weighted by Crippen LogP contribution is -2.50. The highest BCUT2D eigenvalue weighted by Crippen LogP contribution is 2.46. The van der Waals surface area contributed by atoms with E-state index in [0.717, 1.165) is 18.4 Å². The van der Waals surface area contributed by atoms with E-state index in [4.69, 9.17) is 20.1 Å². The highest BCUT2D eigenvalue weighted by Gasteiger charge is 2.52. The molecule has 0 saturated carbocycles. The number of piperazine rings is 1. The molecule has 4 N–H and O–H groups in total. The molecule has 1 fully saturated rings. The largest absolute Gasteiger partial charge is 0.444 e. The van der Waals surface area contributed by atoms with Gasteiger partial charge in [-0.25, -0.2) is 27.0 Å². The molecule has 0 spiro atoms. The number of hydrogen-bond acceptors (Lipinski definition) is 12. The van der Waals surface area contributed by atoms with E-state index in [1.807, 2.05) is 4.90 Å². The van der Waals surface area contributed by atoms with E-state index in [1.54, 1.807) is 57.0 Å². The zero-order valence-electron chi connectivity index (χ0n) is 37.0. The number of benzene rings is 2. The van der Waals surface area contributed by atoms with Crippen LogP contribution in [-0.2, 0) is 33.0 Å². The third kappa shape index (κ3) is 10.9. The molecule has 360 valence electrons. The van der Waals surface area contributed by atoms with Crippen LogP contribution < -0.4 is 20.3 Å². The van der Waals surface area contributed by atoms with Crippen LogP contribution in [0, 0.1) is 23.0 Å². The first-order valence-corrected chi connectivity index (χ1v) is 23.7. The number of thiazole rings is 1. The number of pyridine rings is 1. The number of aryl methyl sites for hydroxylation is 1. The average Bonchev–Trinajstić information content (AvgIpc) is 3.86. The number of alkyl halides is 5. The molecule has 24 heteroatoms. The Kier molecular flexibility index (Phi) is 13.3. The maximum absolute atomic E-state index is 15.4. The Morgan fingerprint density at radius 2 is 1.69 bits per heavy atom. The van der Waals surface area contributed by atoms with E-state index in [0.29, 0.717) is 64.1 Å². The fourth-order valence-electron chi connectivity index (χ4n) is 8.26. The van der Waals surface area contributed by atoms with E-state index in [-0.39, 0.29) is 35.6 Å². The maximum Gasteiger partial charge on any atom is 0.433 e. The molecule has 0 radical (unpaired) electrons. The molecule has 0 unspecified atom stereocenters. The highest BCUT2D eigenvalue weighted by atomic mass is 32.2. The van der Waals surface area contributed by atoms with Gasteiger partial charge in [0, 0.05) is 67.8 Å². The summed E-state index contributed by atoms with van der Waals surface area (Å²) in [5, 5.41) is 17.9. The average molecular weight is 981 g/mol. The second-order valence-corrected chi connectivity index (χ2v) is 20.1. The summed E-state index contributed by atoms with van der Waals surface area (Å²) in [5.41, 5.74) is -3.46. The maximum atomic E-state index is 15.4. The molecule has 15 nitrogen and oxygen atoms in total. The Morgan fingerprint density at radius 1 is 1.01 bits per heavy atom. The molecular formula is C43H47F7N10O5S2. The molecule has 2 aromatic carbocycles. The van der Waals surface area contributed by atoms with Crippen LogP contribution in [0.2, 0.25) is 0 Å². The minimum absolute atomic E-state index is 0.00416. The monoisotopic (exact) mass is 980 g/mol. The molecule has 7 rings (SSSR count). The normalized spacial score (nSPS) is 17.3. The molecule has 5 aromatic rings. The first kappa shape index (κ1) is 48.9. The number of amides is 2. The topological polar surface area (TPSA) is 188 Å². The second kappa shape index (κ2) is 18.2. The molecule has 2 amide bonds. The molecule has 4 heterocycles. The van der Waals surface area contributed by atoms with Crippen molar-refractivity contribution < 1.29 is 53.5 Å². The van der Waals surface area contributed by atoms with Crippen molar-refractivity contribution in [3.8, 4) is 11.1 Å². The summed E-state index contributed by atoms with van der Waals surface area (Å²) in [6.07, 6.45) is -6.28. The van der Waals surface area contributed by atoms with Crippen molar-refractivity contribution in [2.75, 3.05) is 48.6 Å². The molecule has 67 heavy (non-hydrogen) atoms. The van der Waals surface area contributed by atoms with Crippen molar-refractivity contribution in [2.45, 2.75) is 70.7 Å². The molecule has 1 saturated heterocycles. The number of halogens is 7. The number of nitrogens with zero attached hydrogens (tertiary/aromatic N) is 6. The fourth-order valence-corrected chi connectivity index (χ4v) is 9.76. The Hall–Kier alpha value is -6.04. The fraction of sp³-hybridized carbons (Fsp3) is 0.442. The number of allylic oxidation sites excluding steroid dienone is 2. The van der Waals surface area contributed by atoms with E-state index in [1.165, 1.54) is 22.9 Å². The van der Waals surface area contributed by atoms with E-state index >= 15 is 8.78 Å². The standard InChI is InChI=1S/C43H47F7N10O5S2/c1-7-23-20-42(46,47)36(32(23)35(51)43(48,49)50)52-21-31(61)53-29(17-22-15-24(44)18-25(45)16-22)33-28(26-9-8-10-27-34(26)58(5)56-37(27)57-67(6,63)64)19-30-38(54-33)55-39(66-30)59-11-13-60(14-12-59)40(62)65-41(2,3)4/h8-10,15-16,18-19,23,29,51-52H,7,11-14,17,20-21H2,1-6H3,(H,53,61)(H,56,57)/t23-,29-/m0/s1. The van der Waals surface area contributed by atoms with Crippen molar-refractivity contribution in [1.29, 1.82) is 5.41 Å². The smallest absolute Gasteiger partial charge is 0.433 e. The van der Waals surface area contributed by atoms with Gasteiger partial charge in [-0.1, -0.05) is 30.4 Å². The van der Waals surface area contributed by atoms with Gasteiger partial charge in [-0.3, -0.25) is 19.6 Å². The number of carbonyl (C=O) groups is 2. The van der Waals surface area contributed by atoms with E-state index < -0.39 is 93.3 Å². The molecular weight excluding hydrogens is 934 g/mol. The summed E-state index contributed by atoms with van der Waals surface area (Å²) in [6.45, 7) is 7.08. The molecule has 1 aliphatic carbocycles. The number of nitrogens with one attached hydrogen (secondary N) is 4. The van der Waals surface area contributed by atoms with Gasteiger partial charge in [0.2, 0.25) is 15.9 Å². The van der Waals surface area contributed by atoms with Crippen molar-refractivity contribution in [2.24, 2.45) is 13.0 Å². The lowest BCUT2D eigenvalue weighted by atomic mass is 9.94. The van der Waals surface area contributed by atoms with Gasteiger partial charge in [-0.15, -0.1) is 0 Å². The summed E-state index contributed by atoms with van der Waals surface area (Å²) in [4.78, 5) is 40.1. The first-order chi connectivity index (χ1) is 31.2. The van der Waals surface area contributed by atoms with Crippen LogP contribution in [-0.4, -0.2) is 107 Å². The summed E-state index contributed by atoms with van der Waals surface area (Å²) in [6, 6.07) is 7.97. The minimum atomic E-state index is -5.26. The number of rotatable bonds is 13. The van der Waals surface area contributed by atoms with Crippen LogP contribution in [0.5, 0.6) is 0 Å². The van der Waals surface area contributed by atoms with Crippen LogP contribution in [0.3, 0.4) is 0 Å². The summed E-state index contributed by atoms with van der Waals surface area (Å²) < 4.78 is 136. The highest BCUT2D eigenvalue weighted by molar-refractivity contribution is 7.92. The quantitative estimate of drug-likeness (QED) is 0.0669. The zero-order chi connectivity index (χ0) is 49.0. The van der Waals surface area contributed by atoms with Crippen molar-refractivity contribution in [1.82, 2.24) is 35.3 Å². The van der Waals surface area contributed by atoms with Crippen LogP contribution in [0.15, 0.2) is 53.7 Å². The Labute approximate surface area is 384 Å². The summed E-state index contributed by atoms with van der Waals surface area (Å²) in [5.74, 6) is -8.11. The van der Waals surface area contributed by atoms with Gasteiger partial charge in [-0.2, -0.15) is 32.0 Å². The SMILES string of the molecule is CC[C@H]1CC(F)(F)C(NCC(=O)N[C@@H](Cc2cc(F)cc(F)c2)c2nc3nc(N4CCN(C(=O)OC(C)(C)C)CC4)sc3cc2-c2cccc3c(NS(C)(=O)=O)nn(C)c23)=C1C(=N)C(F)(F)F. The number of carbonyl (C=O) groups excluding carboxylic acids is 2. The molecule has 2 aliphatic rings. The van der Waals surface area contributed by atoms with E-state index in [9.17, 15) is 40.0 Å². The summed E-state index contributed by atoms with van der Waals surface area (Å²) in [7, 11) is -2.25. The third-order valence-corrected chi connectivity index (χ3v) is 12.7. The Bertz CT molecular complexity index is 2890. The zero-order valence-corrected chi connectivity index (χ0v) is 38.7. The second-order valence-electron chi connectivity index (χ2n) is 17.4. The van der Waals surface area contributed by atoms with Crippen molar-refractivity contribution >= 4 is 71.3 Å². The van der Waals surface area contributed by atoms with Gasteiger partial charge in [0.1, 0.15) is 22.9 Å².